The van der Waals surface area contributed by atoms with Gasteiger partial charge in [-0.05, 0) is 69.6 Å². The molecule has 0 aromatic heterocycles. The van der Waals surface area contributed by atoms with Gasteiger partial charge >= 0.3 is 0 Å². The predicted molar refractivity (Wildman–Crippen MR) is 101 cm³/mol. The van der Waals surface area contributed by atoms with E-state index in [9.17, 15) is 8.42 Å². The highest BCUT2D eigenvalue weighted by Crippen LogP contribution is 2.22. The van der Waals surface area contributed by atoms with Gasteiger partial charge in [-0.15, -0.1) is 12.4 Å². The number of piperidine rings is 1. The number of halogens is 1. The summed E-state index contributed by atoms with van der Waals surface area (Å²) in [6, 6.07) is 7.29. The molecule has 2 rings (SSSR count). The van der Waals surface area contributed by atoms with E-state index in [0.29, 0.717) is 4.90 Å². The zero-order valence-electron chi connectivity index (χ0n) is 14.9. The van der Waals surface area contributed by atoms with Gasteiger partial charge < -0.3 is 5.32 Å². The van der Waals surface area contributed by atoms with Crippen LogP contribution < -0.4 is 5.32 Å². The van der Waals surface area contributed by atoms with Crippen molar-refractivity contribution in [3.05, 3.63) is 29.8 Å². The fourth-order valence-electron chi connectivity index (χ4n) is 3.02. The molecule has 0 atom stereocenters. The first kappa shape index (κ1) is 21.4. The average Bonchev–Trinajstić information content (AvgIpc) is 2.54. The van der Waals surface area contributed by atoms with Crippen molar-refractivity contribution < 1.29 is 8.42 Å². The summed E-state index contributed by atoms with van der Waals surface area (Å²) in [6.45, 7) is 4.27. The number of nitrogens with one attached hydrogen (secondary N) is 1. The average molecular weight is 376 g/mol. The molecule has 0 aliphatic carbocycles. The molecule has 1 aliphatic rings. The molecule has 1 aromatic carbocycles. The quantitative estimate of drug-likeness (QED) is 0.793. The second-order valence-corrected chi connectivity index (χ2v) is 8.69. The Morgan fingerprint density at radius 2 is 1.75 bits per heavy atom. The molecule has 0 unspecified atom stereocenters. The lowest BCUT2D eigenvalue weighted by Crippen LogP contribution is -2.34. The Balaban J connectivity index is 0.00000288. The summed E-state index contributed by atoms with van der Waals surface area (Å²) in [5.41, 5.74) is 1.18. The number of hydrogen-bond donors (Lipinski definition) is 1. The van der Waals surface area contributed by atoms with Crippen molar-refractivity contribution in [2.45, 2.75) is 30.7 Å². The Bertz CT molecular complexity index is 582. The summed E-state index contributed by atoms with van der Waals surface area (Å²) in [7, 11) is 1.79. The smallest absolute Gasteiger partial charge is 0.242 e. The second kappa shape index (κ2) is 9.73. The van der Waals surface area contributed by atoms with Crippen LogP contribution in [0.15, 0.2) is 29.2 Å². The molecule has 1 N–H and O–H groups in total. The first-order chi connectivity index (χ1) is 10.9. The molecule has 1 saturated heterocycles. The summed E-state index contributed by atoms with van der Waals surface area (Å²) in [6.07, 6.45) is 3.78. The molecule has 24 heavy (non-hydrogen) atoms. The van der Waals surface area contributed by atoms with Gasteiger partial charge in [0.1, 0.15) is 0 Å². The van der Waals surface area contributed by atoms with Crippen molar-refractivity contribution >= 4 is 22.4 Å². The molecule has 0 amide bonds. The van der Waals surface area contributed by atoms with E-state index in [1.807, 2.05) is 19.2 Å². The normalized spacial score (nSPS) is 17.0. The molecule has 0 spiro atoms. The summed E-state index contributed by atoms with van der Waals surface area (Å²) in [5.74, 6) is 0.839. The van der Waals surface area contributed by atoms with Crippen LogP contribution in [0.25, 0.3) is 0 Å². The van der Waals surface area contributed by atoms with Crippen molar-refractivity contribution in [3.63, 3.8) is 0 Å². The van der Waals surface area contributed by atoms with Gasteiger partial charge in [0.05, 0.1) is 4.90 Å². The Kier molecular flexibility index (Phi) is 8.67. The topological polar surface area (TPSA) is 52.7 Å². The van der Waals surface area contributed by atoms with Gasteiger partial charge in [-0.3, -0.25) is 4.90 Å². The van der Waals surface area contributed by atoms with Crippen molar-refractivity contribution in [3.8, 4) is 0 Å². The Labute approximate surface area is 152 Å². The van der Waals surface area contributed by atoms with Crippen LogP contribution in [0.2, 0.25) is 0 Å². The maximum atomic E-state index is 12.1. The summed E-state index contributed by atoms with van der Waals surface area (Å²) >= 11 is 0. The molecule has 1 fully saturated rings. The number of likely N-dealkylation sites (tertiary alicyclic amines) is 1. The molecular formula is C17H30ClN3O2S. The third-order valence-electron chi connectivity index (χ3n) is 4.62. The van der Waals surface area contributed by atoms with E-state index < -0.39 is 10.0 Å². The lowest BCUT2D eigenvalue weighted by atomic mass is 9.93. The largest absolute Gasteiger partial charge is 0.320 e. The predicted octanol–water partition coefficient (Wildman–Crippen LogP) is 2.18. The van der Waals surface area contributed by atoms with E-state index in [2.05, 4.69) is 10.2 Å². The lowest BCUT2D eigenvalue weighted by Gasteiger charge is -2.32. The van der Waals surface area contributed by atoms with Crippen molar-refractivity contribution in [1.82, 2.24) is 14.5 Å². The molecule has 5 nitrogen and oxygen atoms in total. The third-order valence-corrected chi connectivity index (χ3v) is 6.45. The molecule has 0 saturated carbocycles. The number of benzene rings is 1. The van der Waals surface area contributed by atoms with Crippen LogP contribution in [0.1, 0.15) is 24.8 Å². The van der Waals surface area contributed by atoms with Gasteiger partial charge in [0, 0.05) is 20.6 Å². The minimum atomic E-state index is -3.33. The molecule has 0 bridgehead atoms. The van der Waals surface area contributed by atoms with E-state index in [4.69, 9.17) is 0 Å². The molecule has 0 radical (unpaired) electrons. The molecule has 138 valence electrons. The zero-order chi connectivity index (χ0) is 16.9. The Hall–Kier alpha value is -0.660. The monoisotopic (exact) mass is 375 g/mol. The lowest BCUT2D eigenvalue weighted by molar-refractivity contribution is 0.172. The second-order valence-electron chi connectivity index (χ2n) is 6.54. The highest BCUT2D eigenvalue weighted by molar-refractivity contribution is 7.89. The van der Waals surface area contributed by atoms with Crippen LogP contribution in [0.3, 0.4) is 0 Å². The fraction of sp³-hybridized carbons (Fsp3) is 0.647. The highest BCUT2D eigenvalue weighted by Gasteiger charge is 2.20. The van der Waals surface area contributed by atoms with E-state index in [-0.39, 0.29) is 12.4 Å². The maximum Gasteiger partial charge on any atom is 0.242 e. The van der Waals surface area contributed by atoms with E-state index in [1.54, 1.807) is 26.2 Å². The molecule has 7 heteroatoms. The van der Waals surface area contributed by atoms with E-state index in [1.165, 1.54) is 29.1 Å². The van der Waals surface area contributed by atoms with Crippen LogP contribution in [0, 0.1) is 5.92 Å². The fourth-order valence-corrected chi connectivity index (χ4v) is 3.92. The summed E-state index contributed by atoms with van der Waals surface area (Å²) in [4.78, 5) is 2.82. The Morgan fingerprint density at radius 3 is 2.25 bits per heavy atom. The van der Waals surface area contributed by atoms with Crippen LogP contribution in [0.4, 0.5) is 0 Å². The van der Waals surface area contributed by atoms with Crippen LogP contribution >= 0.6 is 12.4 Å². The number of hydrogen-bond acceptors (Lipinski definition) is 4. The first-order valence-electron chi connectivity index (χ1n) is 8.32. The van der Waals surface area contributed by atoms with E-state index >= 15 is 0 Å². The molecular weight excluding hydrogens is 346 g/mol. The van der Waals surface area contributed by atoms with Crippen LogP contribution in [-0.4, -0.2) is 58.4 Å². The van der Waals surface area contributed by atoms with Gasteiger partial charge in [-0.2, -0.15) is 0 Å². The maximum absolute atomic E-state index is 12.1. The van der Waals surface area contributed by atoms with Crippen molar-refractivity contribution in [1.29, 1.82) is 0 Å². The summed E-state index contributed by atoms with van der Waals surface area (Å²) in [5, 5.41) is 3.23. The number of rotatable bonds is 7. The van der Waals surface area contributed by atoms with Gasteiger partial charge in [-0.25, -0.2) is 12.7 Å². The third kappa shape index (κ3) is 5.70. The zero-order valence-corrected chi connectivity index (χ0v) is 16.5. The first-order valence-corrected chi connectivity index (χ1v) is 9.76. The van der Waals surface area contributed by atoms with Crippen LogP contribution in [-0.2, 0) is 16.6 Å². The minimum Gasteiger partial charge on any atom is -0.320 e. The number of sulfonamides is 1. The van der Waals surface area contributed by atoms with Gasteiger partial charge in [0.25, 0.3) is 0 Å². The molecule has 1 aromatic rings. The van der Waals surface area contributed by atoms with Crippen molar-refractivity contribution in [2.75, 3.05) is 40.8 Å². The van der Waals surface area contributed by atoms with Crippen LogP contribution in [0.5, 0.6) is 0 Å². The molecule has 1 aliphatic heterocycles. The SMILES string of the molecule is CNCCC1CCN(Cc2ccc(S(=O)(=O)N(C)C)cc2)CC1.Cl. The number of nitrogens with zero attached hydrogens (tertiary/aromatic N) is 2. The highest BCUT2D eigenvalue weighted by atomic mass is 35.5. The van der Waals surface area contributed by atoms with Gasteiger partial charge in [0.15, 0.2) is 0 Å². The standard InChI is InChI=1S/C17H29N3O2S.ClH/c1-18-11-8-15-9-12-20(13-10-15)14-16-4-6-17(7-5-16)23(21,22)19(2)3;/h4-7,15,18H,8-14H2,1-3H3;1H. The van der Waals surface area contributed by atoms with Crippen molar-refractivity contribution in [2.24, 2.45) is 5.92 Å². The van der Waals surface area contributed by atoms with Gasteiger partial charge in [0.2, 0.25) is 10.0 Å². The van der Waals surface area contributed by atoms with E-state index in [0.717, 1.165) is 32.1 Å². The Morgan fingerprint density at radius 1 is 1.17 bits per heavy atom. The van der Waals surface area contributed by atoms with Gasteiger partial charge in [-0.1, -0.05) is 12.1 Å². The minimum absolute atomic E-state index is 0. The summed E-state index contributed by atoms with van der Waals surface area (Å²) < 4.78 is 25.4. The molecule has 1 heterocycles.